The van der Waals surface area contributed by atoms with E-state index in [-0.39, 0.29) is 5.38 Å². The molecule has 0 radical (unpaired) electrons. The molecule has 0 saturated heterocycles. The molecule has 0 spiro atoms. The highest BCUT2D eigenvalue weighted by Gasteiger charge is 2.18. The van der Waals surface area contributed by atoms with Crippen molar-refractivity contribution < 1.29 is 13.9 Å². The van der Waals surface area contributed by atoms with Gasteiger partial charge in [-0.15, -0.1) is 11.6 Å². The van der Waals surface area contributed by atoms with E-state index >= 15 is 0 Å². The van der Waals surface area contributed by atoms with Crippen LogP contribution in [0.1, 0.15) is 30.4 Å². The molecule has 5 heteroatoms. The zero-order chi connectivity index (χ0) is 14.5. The summed E-state index contributed by atoms with van der Waals surface area (Å²) in [6, 6.07) is 7.57. The minimum Gasteiger partial charge on any atom is -0.490 e. The first kappa shape index (κ1) is 15.3. The molecule has 1 heterocycles. The van der Waals surface area contributed by atoms with Crippen LogP contribution in [0, 0.1) is 0 Å². The summed E-state index contributed by atoms with van der Waals surface area (Å²) in [5.41, 5.74) is 1.82. The third-order valence-electron chi connectivity index (χ3n) is 2.78. The number of rotatable bonds is 6. The van der Waals surface area contributed by atoms with Gasteiger partial charge in [-0.05, 0) is 53.5 Å². The maximum atomic E-state index is 6.49. The maximum Gasteiger partial charge on any atom is 0.173 e. The SMILES string of the molecule is CCOc1ccc(C(Cl)c2ccoc2Br)cc1OCC. The summed E-state index contributed by atoms with van der Waals surface area (Å²) in [6.45, 7) is 5.05. The molecule has 0 aliphatic heterocycles. The van der Waals surface area contributed by atoms with Gasteiger partial charge in [0.15, 0.2) is 16.2 Å². The average Bonchev–Trinajstić information content (AvgIpc) is 2.86. The lowest BCUT2D eigenvalue weighted by atomic mass is 10.1. The third-order valence-corrected chi connectivity index (χ3v) is 3.91. The lowest BCUT2D eigenvalue weighted by Crippen LogP contribution is -2.00. The summed E-state index contributed by atoms with van der Waals surface area (Å²) in [5, 5.41) is -0.307. The van der Waals surface area contributed by atoms with Crippen molar-refractivity contribution in [3.05, 3.63) is 46.3 Å². The van der Waals surface area contributed by atoms with Crippen LogP contribution in [0.4, 0.5) is 0 Å². The summed E-state index contributed by atoms with van der Waals surface area (Å²) in [7, 11) is 0. The van der Waals surface area contributed by atoms with E-state index in [9.17, 15) is 0 Å². The molecule has 1 aromatic heterocycles. The Morgan fingerprint density at radius 1 is 1.15 bits per heavy atom. The van der Waals surface area contributed by atoms with Crippen molar-refractivity contribution in [2.45, 2.75) is 19.2 Å². The zero-order valence-corrected chi connectivity index (χ0v) is 13.7. The van der Waals surface area contributed by atoms with Crippen molar-refractivity contribution in [2.24, 2.45) is 0 Å². The quantitative estimate of drug-likeness (QED) is 0.667. The molecular formula is C15H16BrClO3. The summed E-state index contributed by atoms with van der Waals surface area (Å²) in [5.74, 6) is 1.44. The normalized spacial score (nSPS) is 12.2. The van der Waals surface area contributed by atoms with Gasteiger partial charge in [-0.2, -0.15) is 0 Å². The number of hydrogen-bond donors (Lipinski definition) is 0. The lowest BCUT2D eigenvalue weighted by molar-refractivity contribution is 0.287. The smallest absolute Gasteiger partial charge is 0.173 e. The van der Waals surface area contributed by atoms with Crippen molar-refractivity contribution in [2.75, 3.05) is 13.2 Å². The van der Waals surface area contributed by atoms with Crippen molar-refractivity contribution >= 4 is 27.5 Å². The van der Waals surface area contributed by atoms with Crippen LogP contribution in [0.25, 0.3) is 0 Å². The van der Waals surface area contributed by atoms with Crippen LogP contribution in [0.3, 0.4) is 0 Å². The Morgan fingerprint density at radius 2 is 1.85 bits per heavy atom. The van der Waals surface area contributed by atoms with Crippen molar-refractivity contribution in [3.8, 4) is 11.5 Å². The number of ether oxygens (including phenoxy) is 2. The highest BCUT2D eigenvalue weighted by atomic mass is 79.9. The van der Waals surface area contributed by atoms with Crippen LogP contribution in [-0.4, -0.2) is 13.2 Å². The Bertz CT molecular complexity index is 568. The van der Waals surface area contributed by atoms with Crippen LogP contribution in [0.2, 0.25) is 0 Å². The molecule has 2 rings (SSSR count). The van der Waals surface area contributed by atoms with E-state index in [1.165, 1.54) is 0 Å². The second-order valence-electron chi connectivity index (χ2n) is 4.08. The van der Waals surface area contributed by atoms with Crippen molar-refractivity contribution in [1.82, 2.24) is 0 Å². The molecule has 108 valence electrons. The highest BCUT2D eigenvalue weighted by molar-refractivity contribution is 9.10. The van der Waals surface area contributed by atoms with Crippen LogP contribution >= 0.6 is 27.5 Å². The highest BCUT2D eigenvalue weighted by Crippen LogP contribution is 2.38. The second kappa shape index (κ2) is 7.04. The van der Waals surface area contributed by atoms with Crippen LogP contribution in [0.5, 0.6) is 11.5 Å². The first-order valence-corrected chi connectivity index (χ1v) is 7.66. The number of furan rings is 1. The molecule has 0 aliphatic rings. The van der Waals surface area contributed by atoms with Crippen LogP contribution < -0.4 is 9.47 Å². The number of alkyl halides is 1. The molecule has 0 aliphatic carbocycles. The van der Waals surface area contributed by atoms with E-state index in [2.05, 4.69) is 15.9 Å². The third kappa shape index (κ3) is 3.30. The van der Waals surface area contributed by atoms with Gasteiger partial charge in [0, 0.05) is 5.56 Å². The van der Waals surface area contributed by atoms with Gasteiger partial charge in [-0.1, -0.05) is 6.07 Å². The average molecular weight is 360 g/mol. The maximum absolute atomic E-state index is 6.49. The van der Waals surface area contributed by atoms with Gasteiger partial charge in [0.25, 0.3) is 0 Å². The molecule has 2 aromatic rings. The van der Waals surface area contributed by atoms with E-state index < -0.39 is 0 Å². The Kier molecular flexibility index (Phi) is 5.38. The number of benzene rings is 1. The molecule has 3 nitrogen and oxygen atoms in total. The van der Waals surface area contributed by atoms with E-state index in [1.54, 1.807) is 6.26 Å². The Labute approximate surface area is 132 Å². The largest absolute Gasteiger partial charge is 0.490 e. The van der Waals surface area contributed by atoms with E-state index in [1.807, 2.05) is 38.1 Å². The standard InChI is InChI=1S/C15H16BrClO3/c1-3-18-12-6-5-10(9-13(12)19-4-2)14(17)11-7-8-20-15(11)16/h5-9,14H,3-4H2,1-2H3. The summed E-state index contributed by atoms with van der Waals surface area (Å²) in [6.07, 6.45) is 1.60. The molecule has 1 aromatic carbocycles. The molecule has 0 saturated carbocycles. The van der Waals surface area contributed by atoms with Crippen LogP contribution in [0.15, 0.2) is 39.6 Å². The fourth-order valence-electron chi connectivity index (χ4n) is 1.89. The predicted octanol–water partition coefficient (Wildman–Crippen LogP) is 5.17. The minimum atomic E-state index is -0.307. The fourth-order valence-corrected chi connectivity index (χ4v) is 2.80. The molecule has 20 heavy (non-hydrogen) atoms. The molecule has 0 fully saturated rings. The molecule has 1 unspecified atom stereocenters. The number of halogens is 2. The second-order valence-corrected chi connectivity index (χ2v) is 5.24. The minimum absolute atomic E-state index is 0.307. The van der Waals surface area contributed by atoms with Crippen LogP contribution in [-0.2, 0) is 0 Å². The zero-order valence-electron chi connectivity index (χ0n) is 11.4. The first-order chi connectivity index (χ1) is 9.67. The predicted molar refractivity (Wildman–Crippen MR) is 82.9 cm³/mol. The Balaban J connectivity index is 2.32. The fraction of sp³-hybridized carbons (Fsp3) is 0.333. The molecular weight excluding hydrogens is 344 g/mol. The summed E-state index contributed by atoms with van der Waals surface area (Å²) < 4.78 is 17.0. The van der Waals surface area contributed by atoms with Crippen molar-refractivity contribution in [1.29, 1.82) is 0 Å². The topological polar surface area (TPSA) is 31.6 Å². The van der Waals surface area contributed by atoms with Gasteiger partial charge in [-0.25, -0.2) is 0 Å². The van der Waals surface area contributed by atoms with Gasteiger partial charge < -0.3 is 13.9 Å². The van der Waals surface area contributed by atoms with E-state index in [0.717, 1.165) is 16.9 Å². The van der Waals surface area contributed by atoms with Crippen molar-refractivity contribution in [3.63, 3.8) is 0 Å². The van der Waals surface area contributed by atoms with Gasteiger partial charge in [-0.3, -0.25) is 0 Å². The summed E-state index contributed by atoms with van der Waals surface area (Å²) >= 11 is 9.84. The Hall–Kier alpha value is -1.13. The Morgan fingerprint density at radius 3 is 2.45 bits per heavy atom. The van der Waals surface area contributed by atoms with Gasteiger partial charge >= 0.3 is 0 Å². The van der Waals surface area contributed by atoms with Gasteiger partial charge in [0.05, 0.1) is 24.9 Å². The molecule has 1 atom stereocenters. The summed E-state index contributed by atoms with van der Waals surface area (Å²) in [4.78, 5) is 0. The lowest BCUT2D eigenvalue weighted by Gasteiger charge is -2.14. The van der Waals surface area contributed by atoms with E-state index in [4.69, 9.17) is 25.5 Å². The first-order valence-electron chi connectivity index (χ1n) is 6.43. The number of hydrogen-bond acceptors (Lipinski definition) is 3. The molecule has 0 N–H and O–H groups in total. The molecule has 0 bridgehead atoms. The monoisotopic (exact) mass is 358 g/mol. The van der Waals surface area contributed by atoms with E-state index in [0.29, 0.717) is 23.6 Å². The molecule has 0 amide bonds. The van der Waals surface area contributed by atoms with Gasteiger partial charge in [0.1, 0.15) is 0 Å². The van der Waals surface area contributed by atoms with Gasteiger partial charge in [0.2, 0.25) is 0 Å².